The van der Waals surface area contributed by atoms with Gasteiger partial charge in [0, 0.05) is 17.7 Å². The van der Waals surface area contributed by atoms with Crippen LogP contribution in [0.2, 0.25) is 0 Å². The summed E-state index contributed by atoms with van der Waals surface area (Å²) in [6.07, 6.45) is 7.44. The predicted octanol–water partition coefficient (Wildman–Crippen LogP) is 3.18. The van der Waals surface area contributed by atoms with Crippen molar-refractivity contribution in [3.8, 4) is 11.5 Å². The second kappa shape index (κ2) is 9.34. The monoisotopic (exact) mass is 427 g/mol. The summed E-state index contributed by atoms with van der Waals surface area (Å²) >= 11 is 1.48. The van der Waals surface area contributed by atoms with E-state index in [-0.39, 0.29) is 23.1 Å². The van der Waals surface area contributed by atoms with Crippen LogP contribution in [0.25, 0.3) is 6.08 Å². The number of hydrogen-bond donors (Lipinski definition) is 1. The van der Waals surface area contributed by atoms with Crippen LogP contribution in [0, 0.1) is 0 Å². The summed E-state index contributed by atoms with van der Waals surface area (Å²) in [6.45, 7) is 6.30. The molecule has 7 heteroatoms. The number of hydrogen-bond acceptors (Lipinski definition) is 5. The molecule has 3 rings (SSSR count). The van der Waals surface area contributed by atoms with Crippen molar-refractivity contribution in [3.05, 3.63) is 52.5 Å². The molecule has 1 aromatic rings. The Labute approximate surface area is 181 Å². The summed E-state index contributed by atoms with van der Waals surface area (Å²) in [4.78, 5) is 25.9. The highest BCUT2D eigenvalue weighted by Gasteiger charge is 2.38. The number of carbonyl (C=O) groups excluding carboxylic acids is 2. The molecule has 1 heterocycles. The first-order valence-corrected chi connectivity index (χ1v) is 10.8. The van der Waals surface area contributed by atoms with Gasteiger partial charge in [-0.1, -0.05) is 30.0 Å². The van der Waals surface area contributed by atoms with Crippen molar-refractivity contribution >= 4 is 35.4 Å². The van der Waals surface area contributed by atoms with Crippen LogP contribution in [0.1, 0.15) is 26.3 Å². The lowest BCUT2D eigenvalue weighted by Gasteiger charge is -2.21. The lowest BCUT2D eigenvalue weighted by atomic mass is 10.0. The van der Waals surface area contributed by atoms with Gasteiger partial charge in [-0.15, -0.1) is 0 Å². The smallest absolute Gasteiger partial charge is 0.425 e. The van der Waals surface area contributed by atoms with Crippen LogP contribution in [0.5, 0.6) is 11.5 Å². The Bertz CT molecular complexity index is 989. The molecule has 1 aliphatic carbocycles. The molecule has 0 fully saturated rings. The molecule has 0 saturated heterocycles. The molecule has 1 aromatic carbocycles. The molecule has 1 N–H and O–H groups in total. The highest BCUT2D eigenvalue weighted by molar-refractivity contribution is 8.05. The lowest BCUT2D eigenvalue weighted by molar-refractivity contribution is -0.413. The van der Waals surface area contributed by atoms with Crippen molar-refractivity contribution in [1.82, 2.24) is 5.32 Å². The zero-order valence-corrected chi connectivity index (χ0v) is 18.7. The van der Waals surface area contributed by atoms with Gasteiger partial charge in [0.05, 0.1) is 13.7 Å². The maximum atomic E-state index is 13.0. The third-order valence-corrected chi connectivity index (χ3v) is 5.87. The fourth-order valence-electron chi connectivity index (χ4n) is 3.22. The van der Waals surface area contributed by atoms with Crippen LogP contribution >= 0.6 is 11.8 Å². The molecule has 0 bridgehead atoms. The zero-order valence-electron chi connectivity index (χ0n) is 17.9. The van der Waals surface area contributed by atoms with Crippen LogP contribution in [0.3, 0.4) is 0 Å². The maximum absolute atomic E-state index is 13.0. The van der Waals surface area contributed by atoms with Gasteiger partial charge in [-0.25, -0.2) is 4.79 Å². The van der Waals surface area contributed by atoms with E-state index in [0.717, 1.165) is 11.3 Å². The molecular formula is C23H27N2O4S+. The van der Waals surface area contributed by atoms with E-state index in [4.69, 9.17) is 9.47 Å². The minimum Gasteiger partial charge on any atom is -0.493 e. The summed E-state index contributed by atoms with van der Waals surface area (Å²) in [5.74, 6) is 1.06. The second-order valence-electron chi connectivity index (χ2n) is 7.27. The molecule has 0 spiro atoms. The summed E-state index contributed by atoms with van der Waals surface area (Å²) in [6, 6.07) is 5.65. The first-order chi connectivity index (χ1) is 14.3. The second-order valence-corrected chi connectivity index (χ2v) is 8.45. The quantitative estimate of drug-likeness (QED) is 0.558. The lowest BCUT2D eigenvalue weighted by Crippen LogP contribution is -2.38. The summed E-state index contributed by atoms with van der Waals surface area (Å²) in [5, 5.41) is 2.86. The molecule has 2 aliphatic rings. The molecule has 0 saturated carbocycles. The van der Waals surface area contributed by atoms with E-state index in [2.05, 4.69) is 5.32 Å². The van der Waals surface area contributed by atoms with Gasteiger partial charge in [-0.2, -0.15) is 4.58 Å². The summed E-state index contributed by atoms with van der Waals surface area (Å²) in [5.41, 5.74) is 2.22. The third kappa shape index (κ3) is 4.67. The van der Waals surface area contributed by atoms with E-state index in [1.807, 2.05) is 57.2 Å². The first-order valence-electron chi connectivity index (χ1n) is 9.88. The fraction of sp³-hybridized carbons (Fsp3) is 0.348. The molecule has 0 aromatic heterocycles. The van der Waals surface area contributed by atoms with Crippen molar-refractivity contribution in [2.75, 3.05) is 20.8 Å². The van der Waals surface area contributed by atoms with Gasteiger partial charge in [-0.05, 0) is 44.5 Å². The van der Waals surface area contributed by atoms with E-state index in [9.17, 15) is 9.59 Å². The van der Waals surface area contributed by atoms with Crippen LogP contribution < -0.4 is 14.8 Å². The van der Waals surface area contributed by atoms with Gasteiger partial charge in [0.15, 0.2) is 11.5 Å². The number of likely N-dealkylation sites (N-methyl/N-ethyl adjacent to an activating group) is 1. The molecule has 2 amide bonds. The number of fused-ring (bicyclic) bond motifs is 1. The Hall–Kier alpha value is -2.80. The first kappa shape index (κ1) is 21.9. The highest BCUT2D eigenvalue weighted by atomic mass is 32.2. The van der Waals surface area contributed by atoms with Crippen molar-refractivity contribution in [3.63, 3.8) is 0 Å². The van der Waals surface area contributed by atoms with Gasteiger partial charge >= 0.3 is 5.91 Å². The number of nitrogens with zero attached hydrogens (tertiary/aromatic N) is 1. The molecule has 0 radical (unpaired) electrons. The van der Waals surface area contributed by atoms with Crippen molar-refractivity contribution in [2.24, 2.45) is 0 Å². The van der Waals surface area contributed by atoms with E-state index in [0.29, 0.717) is 28.6 Å². The Kier molecular flexibility index (Phi) is 6.82. The van der Waals surface area contributed by atoms with E-state index in [1.165, 1.54) is 11.8 Å². The third-order valence-electron chi connectivity index (χ3n) is 4.67. The van der Waals surface area contributed by atoms with Crippen LogP contribution in [-0.2, 0) is 9.59 Å². The number of amides is 2. The Balaban J connectivity index is 1.90. The van der Waals surface area contributed by atoms with Crippen LogP contribution in [-0.4, -0.2) is 54.2 Å². The predicted molar refractivity (Wildman–Crippen MR) is 120 cm³/mol. The van der Waals surface area contributed by atoms with Crippen LogP contribution in [0.4, 0.5) is 0 Å². The number of carbonyl (C=O) groups is 2. The topological polar surface area (TPSA) is 67.6 Å². The average Bonchev–Trinajstić information content (AvgIpc) is 2.72. The normalized spacial score (nSPS) is 19.7. The summed E-state index contributed by atoms with van der Waals surface area (Å²) < 4.78 is 12.6. The number of methoxy groups -OCH3 is 1. The van der Waals surface area contributed by atoms with Crippen molar-refractivity contribution in [2.45, 2.75) is 32.1 Å². The molecule has 30 heavy (non-hydrogen) atoms. The summed E-state index contributed by atoms with van der Waals surface area (Å²) in [7, 11) is 3.33. The Morgan fingerprint density at radius 3 is 2.77 bits per heavy atom. The minimum atomic E-state index is -0.138. The number of nitrogens with one attached hydrogen (secondary N) is 1. The largest absolute Gasteiger partial charge is 0.493 e. The molecule has 158 valence electrons. The number of thioether (sulfide) groups is 1. The SMILES string of the molecule is CCOc1ccc(/C=C2/SC3C=CC(C(=O)NC(C)C)=CC3=[N+](C)C2=O)cc1OC. The zero-order chi connectivity index (χ0) is 21.8. The fourth-order valence-corrected chi connectivity index (χ4v) is 4.44. The molecule has 6 nitrogen and oxygen atoms in total. The standard InChI is InChI=1S/C23H26N2O4S/c1-6-29-18-9-7-15(11-19(18)28-5)12-21-23(27)25(4)17-13-16(8-10-20(17)30-21)22(26)24-14(2)3/h7-14,20H,6H2,1-5H3/p+1/b21-12+. The van der Waals surface area contributed by atoms with E-state index >= 15 is 0 Å². The van der Waals surface area contributed by atoms with Gasteiger partial charge < -0.3 is 14.8 Å². The van der Waals surface area contributed by atoms with Crippen molar-refractivity contribution < 1.29 is 23.6 Å². The number of rotatable bonds is 6. The average molecular weight is 428 g/mol. The van der Waals surface area contributed by atoms with E-state index < -0.39 is 0 Å². The molecular weight excluding hydrogens is 400 g/mol. The van der Waals surface area contributed by atoms with Crippen LogP contribution in [0.15, 0.2) is 46.9 Å². The van der Waals surface area contributed by atoms with E-state index in [1.54, 1.807) is 24.8 Å². The molecule has 1 aliphatic heterocycles. The number of benzene rings is 1. The van der Waals surface area contributed by atoms with Crippen molar-refractivity contribution in [1.29, 1.82) is 0 Å². The minimum absolute atomic E-state index is 0.0286. The van der Waals surface area contributed by atoms with Gasteiger partial charge in [0.2, 0.25) is 5.71 Å². The van der Waals surface area contributed by atoms with Gasteiger partial charge in [0.25, 0.3) is 5.91 Å². The molecule has 1 unspecified atom stereocenters. The maximum Gasteiger partial charge on any atom is 0.425 e. The Morgan fingerprint density at radius 1 is 1.33 bits per heavy atom. The number of allylic oxidation sites excluding steroid dienone is 1. The Morgan fingerprint density at radius 2 is 2.10 bits per heavy atom. The molecule has 1 atom stereocenters. The van der Waals surface area contributed by atoms with Gasteiger partial charge in [0.1, 0.15) is 17.2 Å². The van der Waals surface area contributed by atoms with Gasteiger partial charge in [-0.3, -0.25) is 4.79 Å². The highest BCUT2D eigenvalue weighted by Crippen LogP contribution is 2.35. The number of ether oxygens (including phenoxy) is 2.